The number of hydrogen-bond donors (Lipinski definition) is 2. The topological polar surface area (TPSA) is 109 Å². The fourth-order valence-corrected chi connectivity index (χ4v) is 4.92. The van der Waals surface area contributed by atoms with E-state index >= 15 is 0 Å². The second kappa shape index (κ2) is 11.8. The van der Waals surface area contributed by atoms with E-state index in [4.69, 9.17) is 9.15 Å². The summed E-state index contributed by atoms with van der Waals surface area (Å²) < 4.78 is 10.5. The van der Waals surface area contributed by atoms with Crippen LogP contribution in [0.25, 0.3) is 10.9 Å². The number of ether oxygens (including phenoxy) is 1. The molecule has 0 radical (unpaired) electrons. The Morgan fingerprint density at radius 2 is 2.20 bits per heavy atom. The van der Waals surface area contributed by atoms with E-state index in [1.54, 1.807) is 19.5 Å². The molecule has 1 unspecified atom stereocenters. The van der Waals surface area contributed by atoms with Crippen LogP contribution in [-0.2, 0) is 4.79 Å². The number of rotatable bonds is 9. The van der Waals surface area contributed by atoms with Crippen LogP contribution >= 0.6 is 0 Å². The zero-order chi connectivity index (χ0) is 24.6. The van der Waals surface area contributed by atoms with Gasteiger partial charge in [0, 0.05) is 24.5 Å². The van der Waals surface area contributed by atoms with Gasteiger partial charge in [0.2, 0.25) is 0 Å². The largest absolute Gasteiger partial charge is 0.497 e. The number of carbonyl (C=O) groups is 1. The highest BCUT2D eigenvalue weighted by atomic mass is 16.5. The van der Waals surface area contributed by atoms with Gasteiger partial charge >= 0.3 is 5.97 Å². The van der Waals surface area contributed by atoms with Crippen molar-refractivity contribution in [3.05, 3.63) is 54.4 Å². The van der Waals surface area contributed by atoms with Crippen LogP contribution in [-0.4, -0.2) is 57.8 Å². The summed E-state index contributed by atoms with van der Waals surface area (Å²) in [7, 11) is 1.62. The van der Waals surface area contributed by atoms with Crippen molar-refractivity contribution in [3.63, 3.8) is 0 Å². The van der Waals surface area contributed by atoms with Crippen LogP contribution in [0, 0.1) is 23.7 Å². The molecule has 8 nitrogen and oxygen atoms in total. The number of benzene rings is 1. The molecule has 0 saturated carbocycles. The molecule has 184 valence electrons. The van der Waals surface area contributed by atoms with E-state index in [-0.39, 0.29) is 12.3 Å². The van der Waals surface area contributed by atoms with E-state index in [1.807, 2.05) is 24.3 Å². The van der Waals surface area contributed by atoms with Gasteiger partial charge in [-0.05, 0) is 79.8 Å². The van der Waals surface area contributed by atoms with Gasteiger partial charge in [0.05, 0.1) is 31.5 Å². The second-order valence-corrected chi connectivity index (χ2v) is 9.02. The van der Waals surface area contributed by atoms with Gasteiger partial charge < -0.3 is 19.4 Å². The lowest BCUT2D eigenvalue weighted by atomic mass is 9.79. The van der Waals surface area contributed by atoms with Crippen molar-refractivity contribution in [2.24, 2.45) is 11.8 Å². The lowest BCUT2D eigenvalue weighted by molar-refractivity contribution is -0.137. The summed E-state index contributed by atoms with van der Waals surface area (Å²) in [5, 5.41) is 21.2. The average molecular weight is 478 g/mol. The molecule has 3 heterocycles. The molecule has 0 bridgehead atoms. The van der Waals surface area contributed by atoms with Gasteiger partial charge in [0.15, 0.2) is 12.2 Å². The molecule has 0 spiro atoms. The van der Waals surface area contributed by atoms with Crippen molar-refractivity contribution in [2.75, 3.05) is 26.7 Å². The predicted octanol–water partition coefficient (Wildman–Crippen LogP) is 3.90. The lowest BCUT2D eigenvalue weighted by Crippen LogP contribution is -2.41. The maximum absolute atomic E-state index is 11.3. The quantitative estimate of drug-likeness (QED) is 0.447. The van der Waals surface area contributed by atoms with E-state index in [1.165, 1.54) is 6.39 Å². The van der Waals surface area contributed by atoms with Crippen LogP contribution in [0.1, 0.15) is 49.5 Å². The number of carboxylic acids is 1. The van der Waals surface area contributed by atoms with Gasteiger partial charge in [0.25, 0.3) is 0 Å². The van der Waals surface area contributed by atoms with Crippen molar-refractivity contribution < 1.29 is 24.2 Å². The number of fused-ring (bicyclic) bond motifs is 1. The lowest BCUT2D eigenvalue weighted by Gasteiger charge is -2.38. The standard InChI is InChI=1S/C27H31N3O5/c1-34-21-6-7-25-24(15-21)23(10-12-29-25)26(31)8-4-19-11-14-30(17-20(19)5-9-27(32)33)13-2-3-22-16-28-18-35-22/h6-7,10,12,15-16,18-20,26,31H,4-5,8-9,11,13-14,17H2,1H3,(H,32,33)/t19-,20+,26?/m1/s1. The van der Waals surface area contributed by atoms with E-state index in [9.17, 15) is 15.0 Å². The normalized spacial score (nSPS) is 19.1. The number of piperidine rings is 1. The van der Waals surface area contributed by atoms with E-state index < -0.39 is 12.1 Å². The van der Waals surface area contributed by atoms with Crippen molar-refractivity contribution in [3.8, 4) is 17.6 Å². The van der Waals surface area contributed by atoms with Gasteiger partial charge in [-0.3, -0.25) is 14.7 Å². The van der Waals surface area contributed by atoms with Gasteiger partial charge in [-0.25, -0.2) is 4.98 Å². The van der Waals surface area contributed by atoms with Crippen LogP contribution in [0.5, 0.6) is 5.75 Å². The SMILES string of the molecule is COc1ccc2nccc(C(O)CC[C@@H]3CCN(CC#Cc4cnco4)C[C@@H]3CCC(=O)O)c2c1. The Balaban J connectivity index is 1.39. The molecular weight excluding hydrogens is 446 g/mol. The molecule has 3 atom stereocenters. The van der Waals surface area contributed by atoms with Crippen LogP contribution in [0.3, 0.4) is 0 Å². The predicted molar refractivity (Wildman–Crippen MR) is 131 cm³/mol. The van der Waals surface area contributed by atoms with Gasteiger partial charge in [-0.2, -0.15) is 0 Å². The van der Waals surface area contributed by atoms with E-state index in [2.05, 4.69) is 26.7 Å². The van der Waals surface area contributed by atoms with Crippen LogP contribution in [0.2, 0.25) is 0 Å². The van der Waals surface area contributed by atoms with E-state index in [0.717, 1.165) is 48.1 Å². The Labute approximate surface area is 204 Å². The fourth-order valence-electron chi connectivity index (χ4n) is 4.92. The van der Waals surface area contributed by atoms with Crippen molar-refractivity contribution in [2.45, 2.75) is 38.2 Å². The maximum Gasteiger partial charge on any atom is 0.303 e. The summed E-state index contributed by atoms with van der Waals surface area (Å²) in [6.07, 6.45) is 7.20. The van der Waals surface area contributed by atoms with Gasteiger partial charge in [0.1, 0.15) is 5.75 Å². The van der Waals surface area contributed by atoms with E-state index in [0.29, 0.717) is 31.1 Å². The first-order valence-corrected chi connectivity index (χ1v) is 12.0. The Morgan fingerprint density at radius 1 is 1.31 bits per heavy atom. The molecule has 2 N–H and O–H groups in total. The number of nitrogens with zero attached hydrogens (tertiary/aromatic N) is 3. The molecule has 1 fully saturated rings. The second-order valence-electron chi connectivity index (χ2n) is 9.02. The molecule has 1 aromatic carbocycles. The number of aliphatic carboxylic acids is 1. The number of oxazole rings is 1. The molecule has 1 aliphatic heterocycles. The molecular formula is C27H31N3O5. The summed E-state index contributed by atoms with van der Waals surface area (Å²) in [5.74, 6) is 7.18. The number of aromatic nitrogens is 2. The van der Waals surface area contributed by atoms with Crippen LogP contribution < -0.4 is 4.74 Å². The average Bonchev–Trinajstić information content (AvgIpc) is 3.39. The number of pyridine rings is 1. The van der Waals surface area contributed by atoms with Crippen LogP contribution in [0.15, 0.2) is 47.5 Å². The monoisotopic (exact) mass is 477 g/mol. The third-order valence-corrected chi connectivity index (χ3v) is 6.80. The van der Waals surface area contributed by atoms with Gasteiger partial charge in [-0.15, -0.1) is 0 Å². The number of carboxylic acid groups (broad SMARTS) is 1. The first kappa shape index (κ1) is 24.7. The highest BCUT2D eigenvalue weighted by molar-refractivity contribution is 5.83. The fraction of sp³-hybridized carbons (Fsp3) is 0.444. The Bertz CT molecular complexity index is 1180. The number of aliphatic hydroxyl groups excluding tert-OH is 1. The van der Waals surface area contributed by atoms with Crippen LogP contribution in [0.4, 0.5) is 0 Å². The first-order chi connectivity index (χ1) is 17.0. The van der Waals surface area contributed by atoms with Crippen molar-refractivity contribution in [1.82, 2.24) is 14.9 Å². The Morgan fingerprint density at radius 3 is 2.97 bits per heavy atom. The zero-order valence-electron chi connectivity index (χ0n) is 19.9. The van der Waals surface area contributed by atoms with Crippen molar-refractivity contribution in [1.29, 1.82) is 0 Å². The number of methoxy groups -OCH3 is 1. The molecule has 1 saturated heterocycles. The summed E-state index contributed by atoms with van der Waals surface area (Å²) in [4.78, 5) is 21.8. The summed E-state index contributed by atoms with van der Waals surface area (Å²) in [6, 6.07) is 7.54. The summed E-state index contributed by atoms with van der Waals surface area (Å²) >= 11 is 0. The number of hydrogen-bond acceptors (Lipinski definition) is 7. The number of likely N-dealkylation sites (tertiary alicyclic amines) is 1. The minimum Gasteiger partial charge on any atom is -0.497 e. The highest BCUT2D eigenvalue weighted by Gasteiger charge is 2.30. The number of aliphatic hydroxyl groups is 1. The zero-order valence-corrected chi connectivity index (χ0v) is 19.9. The molecule has 1 aliphatic rings. The third-order valence-electron chi connectivity index (χ3n) is 6.80. The molecule has 0 aliphatic carbocycles. The Kier molecular flexibility index (Phi) is 8.35. The first-order valence-electron chi connectivity index (χ1n) is 12.0. The van der Waals surface area contributed by atoms with Gasteiger partial charge in [-0.1, -0.05) is 5.92 Å². The Hall–Kier alpha value is -3.41. The minimum absolute atomic E-state index is 0.149. The minimum atomic E-state index is -0.775. The molecule has 2 aromatic heterocycles. The molecule has 8 heteroatoms. The molecule has 0 amide bonds. The summed E-state index contributed by atoms with van der Waals surface area (Å²) in [5.41, 5.74) is 1.66. The molecule has 4 rings (SSSR count). The molecule has 35 heavy (non-hydrogen) atoms. The third kappa shape index (κ3) is 6.59. The van der Waals surface area contributed by atoms with Crippen molar-refractivity contribution >= 4 is 16.9 Å². The smallest absolute Gasteiger partial charge is 0.303 e. The summed E-state index contributed by atoms with van der Waals surface area (Å²) in [6.45, 7) is 2.30. The molecule has 3 aromatic rings. The maximum atomic E-state index is 11.3. The highest BCUT2D eigenvalue weighted by Crippen LogP contribution is 2.35.